The molecule has 23 heavy (non-hydrogen) atoms. The van der Waals surface area contributed by atoms with E-state index in [-0.39, 0.29) is 17.1 Å². The molecule has 0 radical (unpaired) electrons. The maximum atomic E-state index is 13.0. The minimum atomic E-state index is -3.81. The minimum Gasteiger partial charge on any atom is -0.479 e. The fourth-order valence-electron chi connectivity index (χ4n) is 1.86. The summed E-state index contributed by atoms with van der Waals surface area (Å²) in [6, 6.07) is 1.94. The molecule has 1 aliphatic heterocycles. The molecule has 0 aliphatic carbocycles. The van der Waals surface area contributed by atoms with Gasteiger partial charge in [0.15, 0.2) is 17.5 Å². The van der Waals surface area contributed by atoms with Gasteiger partial charge in [-0.3, -0.25) is 0 Å². The molecule has 1 heterocycles. The summed E-state index contributed by atoms with van der Waals surface area (Å²) in [6.07, 6.45) is -4.76. The summed E-state index contributed by atoms with van der Waals surface area (Å²) in [7, 11) is 0. The molecule has 0 aromatic heterocycles. The molecule has 1 unspecified atom stereocenters. The quantitative estimate of drug-likeness (QED) is 0.884. The number of ether oxygens (including phenoxy) is 3. The van der Waals surface area contributed by atoms with E-state index in [1.54, 1.807) is 20.8 Å². The first-order valence-corrected chi connectivity index (χ1v) is 6.59. The molecule has 1 amide bonds. The molecule has 1 aromatic rings. The van der Waals surface area contributed by atoms with E-state index in [2.05, 4.69) is 14.8 Å². The maximum absolute atomic E-state index is 13.0. The number of halogens is 2. The Morgan fingerprint density at radius 1 is 1.26 bits per heavy atom. The molecule has 2 N–H and O–H groups in total. The van der Waals surface area contributed by atoms with E-state index in [1.807, 2.05) is 0 Å². The normalized spacial score (nSPS) is 16.6. The van der Waals surface area contributed by atoms with Gasteiger partial charge in [-0.1, -0.05) is 6.07 Å². The van der Waals surface area contributed by atoms with Gasteiger partial charge >= 0.3 is 18.4 Å². The molecule has 126 valence electrons. The highest BCUT2D eigenvalue weighted by molar-refractivity contribution is 5.81. The van der Waals surface area contributed by atoms with Crippen LogP contribution in [-0.4, -0.2) is 29.1 Å². The minimum absolute atomic E-state index is 0.0309. The van der Waals surface area contributed by atoms with Gasteiger partial charge in [0, 0.05) is 0 Å². The molecule has 0 bridgehead atoms. The number of rotatable bonds is 3. The molecule has 9 heteroatoms. The first-order valence-electron chi connectivity index (χ1n) is 6.59. The lowest BCUT2D eigenvalue weighted by Gasteiger charge is -2.22. The number of alkyl halides is 2. The number of carbonyl (C=O) groups excluding carboxylic acids is 1. The predicted octanol–water partition coefficient (Wildman–Crippen LogP) is 2.66. The Morgan fingerprint density at radius 2 is 1.87 bits per heavy atom. The fraction of sp³-hybridized carbons (Fsp3) is 0.429. The van der Waals surface area contributed by atoms with Crippen LogP contribution in [0.15, 0.2) is 18.2 Å². The van der Waals surface area contributed by atoms with Crippen LogP contribution in [0.3, 0.4) is 0 Å². The summed E-state index contributed by atoms with van der Waals surface area (Å²) in [4.78, 5) is 23.0. The van der Waals surface area contributed by atoms with E-state index in [9.17, 15) is 23.5 Å². The number of carbonyl (C=O) groups is 2. The Kier molecular flexibility index (Phi) is 4.06. The van der Waals surface area contributed by atoms with Gasteiger partial charge in [-0.05, 0) is 38.5 Å². The first kappa shape index (κ1) is 16.8. The molecule has 0 saturated carbocycles. The van der Waals surface area contributed by atoms with Gasteiger partial charge in [0.1, 0.15) is 5.60 Å². The van der Waals surface area contributed by atoms with Crippen molar-refractivity contribution in [1.29, 1.82) is 0 Å². The van der Waals surface area contributed by atoms with E-state index < -0.39 is 30.0 Å². The van der Waals surface area contributed by atoms with Crippen molar-refractivity contribution in [3.05, 3.63) is 23.8 Å². The summed E-state index contributed by atoms with van der Waals surface area (Å²) >= 11 is 0. The van der Waals surface area contributed by atoms with Gasteiger partial charge in [-0.15, -0.1) is 8.78 Å². The summed E-state index contributed by atoms with van der Waals surface area (Å²) in [5, 5.41) is 11.4. The van der Waals surface area contributed by atoms with Gasteiger partial charge in [0.25, 0.3) is 0 Å². The topological polar surface area (TPSA) is 94.1 Å². The van der Waals surface area contributed by atoms with Crippen molar-refractivity contribution in [2.75, 3.05) is 0 Å². The number of nitrogens with one attached hydrogen (secondary N) is 1. The van der Waals surface area contributed by atoms with E-state index in [0.717, 1.165) is 12.1 Å². The number of aliphatic carboxylic acids is 1. The second kappa shape index (κ2) is 5.56. The number of fused-ring (bicyclic) bond motifs is 1. The molecule has 0 spiro atoms. The van der Waals surface area contributed by atoms with Crippen LogP contribution in [0.5, 0.6) is 11.5 Å². The first-order chi connectivity index (χ1) is 10.5. The van der Waals surface area contributed by atoms with E-state index in [1.165, 1.54) is 6.07 Å². The fourth-order valence-corrected chi connectivity index (χ4v) is 1.86. The van der Waals surface area contributed by atoms with Crippen LogP contribution in [0.2, 0.25) is 0 Å². The SMILES string of the molecule is CC(C)(C)OC(=O)NC(C(=O)O)c1ccc2c(c1)OC(F)(F)O2. The van der Waals surface area contributed by atoms with Crippen LogP contribution in [0, 0.1) is 0 Å². The third-order valence-corrected chi connectivity index (χ3v) is 2.67. The maximum Gasteiger partial charge on any atom is 0.586 e. The predicted molar refractivity (Wildman–Crippen MR) is 72.4 cm³/mol. The number of benzene rings is 1. The molecule has 1 aromatic carbocycles. The molecular formula is C14H15F2NO6. The van der Waals surface area contributed by atoms with Crippen LogP contribution in [0.4, 0.5) is 13.6 Å². The molecule has 2 rings (SSSR count). The molecule has 0 fully saturated rings. The highest BCUT2D eigenvalue weighted by Crippen LogP contribution is 2.42. The number of amides is 1. The Bertz CT molecular complexity index is 641. The summed E-state index contributed by atoms with van der Waals surface area (Å²) in [5.41, 5.74) is -0.784. The molecular weight excluding hydrogens is 316 g/mol. The van der Waals surface area contributed by atoms with Crippen molar-refractivity contribution < 1.29 is 37.7 Å². The van der Waals surface area contributed by atoms with Crippen molar-refractivity contribution in [3.63, 3.8) is 0 Å². The van der Waals surface area contributed by atoms with Crippen LogP contribution in [0.1, 0.15) is 32.4 Å². The van der Waals surface area contributed by atoms with Gasteiger partial charge in [-0.2, -0.15) is 0 Å². The van der Waals surface area contributed by atoms with E-state index in [4.69, 9.17) is 4.74 Å². The van der Waals surface area contributed by atoms with Crippen LogP contribution in [0.25, 0.3) is 0 Å². The van der Waals surface area contributed by atoms with E-state index in [0.29, 0.717) is 0 Å². The molecule has 7 nitrogen and oxygen atoms in total. The zero-order valence-electron chi connectivity index (χ0n) is 12.6. The Labute approximate surface area is 130 Å². The zero-order valence-corrected chi connectivity index (χ0v) is 12.6. The van der Waals surface area contributed by atoms with Crippen molar-refractivity contribution in [3.8, 4) is 11.5 Å². The highest BCUT2D eigenvalue weighted by Gasteiger charge is 2.43. The smallest absolute Gasteiger partial charge is 0.479 e. The van der Waals surface area contributed by atoms with Gasteiger partial charge in [0.2, 0.25) is 0 Å². The van der Waals surface area contributed by atoms with Gasteiger partial charge < -0.3 is 24.6 Å². The lowest BCUT2D eigenvalue weighted by Crippen LogP contribution is -2.38. The third-order valence-electron chi connectivity index (χ3n) is 2.67. The van der Waals surface area contributed by atoms with Crippen molar-refractivity contribution in [1.82, 2.24) is 5.32 Å². The monoisotopic (exact) mass is 331 g/mol. The largest absolute Gasteiger partial charge is 0.586 e. The Morgan fingerprint density at radius 3 is 2.43 bits per heavy atom. The average molecular weight is 331 g/mol. The molecule has 1 atom stereocenters. The lowest BCUT2D eigenvalue weighted by atomic mass is 10.1. The Balaban J connectivity index is 2.20. The number of carboxylic acid groups (broad SMARTS) is 1. The second-order valence-corrected chi connectivity index (χ2v) is 5.79. The van der Waals surface area contributed by atoms with Crippen molar-refractivity contribution in [2.24, 2.45) is 0 Å². The standard InChI is InChI=1S/C14H15F2NO6/c1-13(2,3)23-12(20)17-10(11(18)19)7-4-5-8-9(6-7)22-14(15,16)21-8/h4-6,10H,1-3H3,(H,17,20)(H,18,19). The van der Waals surface area contributed by atoms with Crippen LogP contribution < -0.4 is 14.8 Å². The Hall–Kier alpha value is -2.58. The summed E-state index contributed by atoms with van der Waals surface area (Å²) < 4.78 is 39.4. The van der Waals surface area contributed by atoms with Crippen LogP contribution in [-0.2, 0) is 9.53 Å². The lowest BCUT2D eigenvalue weighted by molar-refractivity contribution is -0.286. The second-order valence-electron chi connectivity index (χ2n) is 5.79. The molecule has 0 saturated heterocycles. The average Bonchev–Trinajstić information content (AvgIpc) is 2.66. The third kappa shape index (κ3) is 4.21. The number of hydrogen-bond acceptors (Lipinski definition) is 5. The molecule has 1 aliphatic rings. The van der Waals surface area contributed by atoms with E-state index >= 15 is 0 Å². The highest BCUT2D eigenvalue weighted by atomic mass is 19.3. The van der Waals surface area contributed by atoms with Crippen molar-refractivity contribution in [2.45, 2.75) is 38.7 Å². The zero-order chi connectivity index (χ0) is 17.4. The van der Waals surface area contributed by atoms with Crippen LogP contribution >= 0.6 is 0 Å². The number of hydrogen-bond donors (Lipinski definition) is 2. The summed E-state index contributed by atoms with van der Waals surface area (Å²) in [5.74, 6) is -1.92. The van der Waals surface area contributed by atoms with Gasteiger partial charge in [-0.25, -0.2) is 9.59 Å². The summed E-state index contributed by atoms with van der Waals surface area (Å²) in [6.45, 7) is 4.85. The van der Waals surface area contributed by atoms with Crippen molar-refractivity contribution >= 4 is 12.1 Å². The number of alkyl carbamates (subject to hydrolysis) is 1. The number of carboxylic acids is 1. The van der Waals surface area contributed by atoms with Gasteiger partial charge in [0.05, 0.1) is 0 Å².